The highest BCUT2D eigenvalue weighted by Crippen LogP contribution is 2.30. The molecule has 28 heavy (non-hydrogen) atoms. The molecule has 2 saturated heterocycles. The number of nitrogens with one attached hydrogen (secondary N) is 3. The van der Waals surface area contributed by atoms with E-state index in [4.69, 9.17) is 0 Å². The summed E-state index contributed by atoms with van der Waals surface area (Å²) in [6.45, 7) is 1.45. The fourth-order valence-corrected chi connectivity index (χ4v) is 3.38. The molecule has 4 amide bonds. The predicted octanol–water partition coefficient (Wildman–Crippen LogP) is 0.676. The number of halogens is 3. The minimum atomic E-state index is -4.53. The van der Waals surface area contributed by atoms with Crippen molar-refractivity contribution in [3.8, 4) is 0 Å². The SMILES string of the molecule is C[C@H](O)[C@H]1NC(=O)[C@@H]2C[C@H](NC(=O)Nc3cccc(C(F)(F)F)c3)CN2C1=O. The van der Waals surface area contributed by atoms with Crippen molar-refractivity contribution in [2.75, 3.05) is 11.9 Å². The third kappa shape index (κ3) is 4.03. The van der Waals surface area contributed by atoms with Crippen molar-refractivity contribution in [2.45, 2.75) is 43.8 Å². The Hall–Kier alpha value is -2.82. The van der Waals surface area contributed by atoms with Crippen LogP contribution in [0, 0.1) is 0 Å². The number of anilines is 1. The molecule has 0 radical (unpaired) electrons. The van der Waals surface area contributed by atoms with Crippen molar-refractivity contribution in [1.29, 1.82) is 0 Å². The summed E-state index contributed by atoms with van der Waals surface area (Å²) >= 11 is 0. The molecule has 152 valence electrons. The van der Waals surface area contributed by atoms with Gasteiger partial charge in [0.2, 0.25) is 11.8 Å². The molecular formula is C17H19F3N4O4. The third-order valence-corrected chi connectivity index (χ3v) is 4.72. The van der Waals surface area contributed by atoms with Crippen LogP contribution in [-0.4, -0.2) is 58.6 Å². The van der Waals surface area contributed by atoms with Gasteiger partial charge in [-0.2, -0.15) is 13.2 Å². The van der Waals surface area contributed by atoms with Gasteiger partial charge in [0.05, 0.1) is 17.7 Å². The zero-order valence-electron chi connectivity index (χ0n) is 14.8. The summed E-state index contributed by atoms with van der Waals surface area (Å²) in [5.74, 6) is -0.865. The topological polar surface area (TPSA) is 111 Å². The van der Waals surface area contributed by atoms with Crippen LogP contribution in [0.4, 0.5) is 23.7 Å². The number of hydrogen-bond acceptors (Lipinski definition) is 4. The van der Waals surface area contributed by atoms with Crippen LogP contribution in [0.2, 0.25) is 0 Å². The molecule has 0 saturated carbocycles. The Morgan fingerprint density at radius 2 is 2.07 bits per heavy atom. The molecule has 2 aliphatic rings. The maximum Gasteiger partial charge on any atom is 0.416 e. The first-order valence-electron chi connectivity index (χ1n) is 8.60. The van der Waals surface area contributed by atoms with Gasteiger partial charge < -0.3 is 26.0 Å². The van der Waals surface area contributed by atoms with Gasteiger partial charge in [-0.05, 0) is 31.5 Å². The molecule has 0 aromatic heterocycles. The van der Waals surface area contributed by atoms with E-state index in [1.165, 1.54) is 24.0 Å². The number of fused-ring (bicyclic) bond motifs is 1. The molecule has 0 aliphatic carbocycles. The molecular weight excluding hydrogens is 381 g/mol. The lowest BCUT2D eigenvalue weighted by atomic mass is 10.0. The van der Waals surface area contributed by atoms with E-state index < -0.39 is 53.8 Å². The first-order valence-corrected chi connectivity index (χ1v) is 8.60. The van der Waals surface area contributed by atoms with Crippen molar-refractivity contribution in [1.82, 2.24) is 15.5 Å². The van der Waals surface area contributed by atoms with E-state index in [0.717, 1.165) is 12.1 Å². The molecule has 8 nitrogen and oxygen atoms in total. The van der Waals surface area contributed by atoms with Crippen molar-refractivity contribution in [3.05, 3.63) is 29.8 Å². The number of hydrogen-bond donors (Lipinski definition) is 4. The lowest BCUT2D eigenvalue weighted by molar-refractivity contribution is -0.149. The summed E-state index contributed by atoms with van der Waals surface area (Å²) in [7, 11) is 0. The van der Waals surface area contributed by atoms with Crippen LogP contribution in [0.15, 0.2) is 24.3 Å². The summed E-state index contributed by atoms with van der Waals surface area (Å²) in [6.07, 6.45) is -5.43. The number of alkyl halides is 3. The second-order valence-corrected chi connectivity index (χ2v) is 6.84. The van der Waals surface area contributed by atoms with Crippen LogP contribution in [0.3, 0.4) is 0 Å². The Bertz CT molecular complexity index is 799. The molecule has 0 unspecified atom stereocenters. The summed E-state index contributed by atoms with van der Waals surface area (Å²) in [5, 5.41) is 17.0. The monoisotopic (exact) mass is 400 g/mol. The number of urea groups is 1. The Morgan fingerprint density at radius 3 is 2.71 bits per heavy atom. The van der Waals surface area contributed by atoms with Crippen molar-refractivity contribution in [3.63, 3.8) is 0 Å². The van der Waals surface area contributed by atoms with Gasteiger partial charge in [-0.15, -0.1) is 0 Å². The second-order valence-electron chi connectivity index (χ2n) is 6.84. The number of benzene rings is 1. The zero-order chi connectivity index (χ0) is 20.6. The summed E-state index contributed by atoms with van der Waals surface area (Å²) < 4.78 is 38.2. The molecule has 2 heterocycles. The normalized spacial score (nSPS) is 25.8. The predicted molar refractivity (Wildman–Crippen MR) is 91.1 cm³/mol. The van der Waals surface area contributed by atoms with Gasteiger partial charge in [-0.1, -0.05) is 6.07 Å². The van der Waals surface area contributed by atoms with Crippen LogP contribution < -0.4 is 16.0 Å². The molecule has 0 bridgehead atoms. The van der Waals surface area contributed by atoms with Crippen LogP contribution in [0.25, 0.3) is 0 Å². The summed E-state index contributed by atoms with van der Waals surface area (Å²) in [5.41, 5.74) is -0.930. The lowest BCUT2D eigenvalue weighted by Crippen LogP contribution is -2.64. The Morgan fingerprint density at radius 1 is 1.36 bits per heavy atom. The highest BCUT2D eigenvalue weighted by Gasteiger charge is 2.47. The fraction of sp³-hybridized carbons (Fsp3) is 0.471. The number of piperazine rings is 1. The highest BCUT2D eigenvalue weighted by molar-refractivity contribution is 5.98. The fourth-order valence-electron chi connectivity index (χ4n) is 3.38. The second kappa shape index (κ2) is 7.30. The molecule has 3 rings (SSSR count). The van der Waals surface area contributed by atoms with Gasteiger partial charge in [0.1, 0.15) is 12.1 Å². The maximum absolute atomic E-state index is 12.7. The average molecular weight is 400 g/mol. The van der Waals surface area contributed by atoms with Crippen LogP contribution >= 0.6 is 0 Å². The van der Waals surface area contributed by atoms with Crippen LogP contribution in [-0.2, 0) is 15.8 Å². The summed E-state index contributed by atoms with van der Waals surface area (Å²) in [6, 6.07) is 1.08. The Labute approximate surface area is 158 Å². The van der Waals surface area contributed by atoms with Crippen molar-refractivity contribution < 1.29 is 32.7 Å². The van der Waals surface area contributed by atoms with E-state index >= 15 is 0 Å². The first-order chi connectivity index (χ1) is 13.1. The van der Waals surface area contributed by atoms with E-state index in [1.807, 2.05) is 0 Å². The smallest absolute Gasteiger partial charge is 0.391 e. The zero-order valence-corrected chi connectivity index (χ0v) is 14.8. The molecule has 0 spiro atoms. The summed E-state index contributed by atoms with van der Waals surface area (Å²) in [4.78, 5) is 37.9. The van der Waals surface area contributed by atoms with Gasteiger partial charge in [-0.25, -0.2) is 4.79 Å². The first kappa shape index (κ1) is 19.9. The van der Waals surface area contributed by atoms with Crippen molar-refractivity contribution >= 4 is 23.5 Å². The molecule has 1 aromatic rings. The minimum absolute atomic E-state index is 0.0361. The molecule has 4 atom stereocenters. The van der Waals surface area contributed by atoms with E-state index in [2.05, 4.69) is 16.0 Å². The lowest BCUT2D eigenvalue weighted by Gasteiger charge is -2.35. The number of carbonyl (C=O) groups excluding carboxylic acids is 3. The van der Waals surface area contributed by atoms with Gasteiger partial charge in [0.25, 0.3) is 0 Å². The largest absolute Gasteiger partial charge is 0.416 e. The van der Waals surface area contributed by atoms with Crippen LogP contribution in [0.1, 0.15) is 18.9 Å². The number of rotatable bonds is 3. The van der Waals surface area contributed by atoms with Gasteiger partial charge in [0, 0.05) is 12.2 Å². The quantitative estimate of drug-likeness (QED) is 0.598. The number of aliphatic hydroxyl groups is 1. The van der Waals surface area contributed by atoms with Gasteiger partial charge in [-0.3, -0.25) is 9.59 Å². The number of aliphatic hydroxyl groups excluding tert-OH is 1. The minimum Gasteiger partial charge on any atom is -0.391 e. The van der Waals surface area contributed by atoms with E-state index in [1.54, 1.807) is 0 Å². The Kier molecular flexibility index (Phi) is 5.20. The highest BCUT2D eigenvalue weighted by atomic mass is 19.4. The van der Waals surface area contributed by atoms with Gasteiger partial charge in [0.15, 0.2) is 0 Å². The standard InChI is InChI=1S/C17H19F3N4O4/c1-8(25)13-15(27)24-7-11(6-12(24)14(26)23-13)22-16(28)21-10-4-2-3-9(5-10)17(18,19)20/h2-5,8,11-13,25H,6-7H2,1H3,(H,23,26)(H2,21,22,28)/t8-,11-,12-,13+/m0/s1. The molecule has 11 heteroatoms. The van der Waals surface area contributed by atoms with Crippen molar-refractivity contribution in [2.24, 2.45) is 0 Å². The third-order valence-electron chi connectivity index (χ3n) is 4.72. The average Bonchev–Trinajstić information content (AvgIpc) is 3.01. The maximum atomic E-state index is 12.7. The molecule has 2 aliphatic heterocycles. The number of nitrogens with zero attached hydrogens (tertiary/aromatic N) is 1. The van der Waals surface area contributed by atoms with E-state index in [9.17, 15) is 32.7 Å². The number of amides is 4. The molecule has 4 N–H and O–H groups in total. The molecule has 1 aromatic carbocycles. The van der Waals surface area contributed by atoms with E-state index in [-0.39, 0.29) is 18.7 Å². The van der Waals surface area contributed by atoms with Crippen LogP contribution in [0.5, 0.6) is 0 Å². The number of carbonyl (C=O) groups is 3. The van der Waals surface area contributed by atoms with E-state index in [0.29, 0.717) is 0 Å². The van der Waals surface area contributed by atoms with Gasteiger partial charge >= 0.3 is 12.2 Å². The Balaban J connectivity index is 1.62. The molecule has 2 fully saturated rings.